The van der Waals surface area contributed by atoms with Gasteiger partial charge < -0.3 is 10.2 Å². The van der Waals surface area contributed by atoms with Crippen LogP contribution in [0.4, 0.5) is 5.82 Å². The van der Waals surface area contributed by atoms with Crippen molar-refractivity contribution in [1.29, 1.82) is 0 Å². The Morgan fingerprint density at radius 1 is 1.22 bits per heavy atom. The monoisotopic (exact) mass is 387 g/mol. The molecular formula is C20H25N3O3S. The molecule has 0 unspecified atom stereocenters. The minimum Gasteiger partial charge on any atom is -0.355 e. The van der Waals surface area contributed by atoms with Crippen LogP contribution in [0, 0.1) is 5.92 Å². The molecule has 2 heterocycles. The van der Waals surface area contributed by atoms with Crippen LogP contribution in [0.15, 0.2) is 48.7 Å². The molecule has 0 bridgehead atoms. The second-order valence-electron chi connectivity index (χ2n) is 7.08. The van der Waals surface area contributed by atoms with Gasteiger partial charge in [0.15, 0.2) is 9.84 Å². The molecule has 1 aliphatic heterocycles. The standard InChI is InChI=1S/C20H25N3O3S/c1-23(14-16-6-3-2-4-7-16)20-18(8-5-10-21-20)13-22-19(24)12-17-9-11-27(25,26)15-17/h2-8,10,17H,9,11-15H2,1H3,(H,22,24)/t17-/m0/s1. The molecule has 0 saturated carbocycles. The number of carbonyl (C=O) groups excluding carboxylic acids is 1. The van der Waals surface area contributed by atoms with Gasteiger partial charge in [-0.25, -0.2) is 13.4 Å². The molecule has 0 radical (unpaired) electrons. The van der Waals surface area contributed by atoms with Crippen LogP contribution in [-0.4, -0.2) is 37.9 Å². The number of benzene rings is 1. The van der Waals surface area contributed by atoms with E-state index in [1.807, 2.05) is 37.4 Å². The van der Waals surface area contributed by atoms with Crippen LogP contribution in [0.1, 0.15) is 24.0 Å². The van der Waals surface area contributed by atoms with Crippen LogP contribution in [-0.2, 0) is 27.7 Å². The van der Waals surface area contributed by atoms with Crippen LogP contribution < -0.4 is 10.2 Å². The first-order valence-electron chi connectivity index (χ1n) is 9.09. The van der Waals surface area contributed by atoms with Crippen LogP contribution in [0.2, 0.25) is 0 Å². The third-order valence-corrected chi connectivity index (χ3v) is 6.61. The SMILES string of the molecule is CN(Cc1ccccc1)c1ncccc1CNC(=O)C[C@@H]1CCS(=O)(=O)C1. The fourth-order valence-electron chi connectivity index (χ4n) is 3.41. The van der Waals surface area contributed by atoms with E-state index in [0.717, 1.165) is 17.9 Å². The molecule has 1 aromatic carbocycles. The Bertz CT molecular complexity index is 884. The average molecular weight is 388 g/mol. The lowest BCUT2D eigenvalue weighted by atomic mass is 10.1. The van der Waals surface area contributed by atoms with E-state index < -0.39 is 9.84 Å². The number of aromatic nitrogens is 1. The summed E-state index contributed by atoms with van der Waals surface area (Å²) in [5.74, 6) is 0.965. The van der Waals surface area contributed by atoms with Gasteiger partial charge in [-0.3, -0.25) is 4.79 Å². The molecule has 1 N–H and O–H groups in total. The molecule has 1 amide bonds. The van der Waals surface area contributed by atoms with E-state index in [4.69, 9.17) is 0 Å². The van der Waals surface area contributed by atoms with Crippen LogP contribution in [0.3, 0.4) is 0 Å². The Balaban J connectivity index is 1.58. The molecule has 7 heteroatoms. The number of hydrogen-bond acceptors (Lipinski definition) is 5. The molecule has 3 rings (SSSR count). The quantitative estimate of drug-likeness (QED) is 0.788. The Kier molecular flexibility index (Phi) is 6.11. The lowest BCUT2D eigenvalue weighted by Gasteiger charge is -2.21. The predicted molar refractivity (Wildman–Crippen MR) is 106 cm³/mol. The Hall–Kier alpha value is -2.41. The van der Waals surface area contributed by atoms with Gasteiger partial charge in [0, 0.05) is 38.3 Å². The van der Waals surface area contributed by atoms with Crippen molar-refractivity contribution in [3.8, 4) is 0 Å². The summed E-state index contributed by atoms with van der Waals surface area (Å²) in [6.07, 6.45) is 2.58. The Morgan fingerprint density at radius 3 is 2.70 bits per heavy atom. The zero-order valence-electron chi connectivity index (χ0n) is 15.5. The first-order valence-corrected chi connectivity index (χ1v) is 10.9. The maximum atomic E-state index is 12.2. The van der Waals surface area contributed by atoms with Gasteiger partial charge in [0.05, 0.1) is 11.5 Å². The number of hydrogen-bond donors (Lipinski definition) is 1. The highest BCUT2D eigenvalue weighted by atomic mass is 32.2. The van der Waals surface area contributed by atoms with Gasteiger partial charge in [-0.1, -0.05) is 36.4 Å². The first kappa shape index (κ1) is 19.4. The topological polar surface area (TPSA) is 79.4 Å². The minimum absolute atomic E-state index is 0.0656. The molecule has 6 nitrogen and oxygen atoms in total. The summed E-state index contributed by atoms with van der Waals surface area (Å²) in [7, 11) is -0.976. The molecule has 27 heavy (non-hydrogen) atoms. The molecule has 1 aromatic heterocycles. The van der Waals surface area contributed by atoms with Crippen molar-refractivity contribution >= 4 is 21.6 Å². The van der Waals surface area contributed by atoms with E-state index in [1.165, 1.54) is 5.56 Å². The number of anilines is 1. The maximum Gasteiger partial charge on any atom is 0.220 e. The van der Waals surface area contributed by atoms with E-state index in [-0.39, 0.29) is 29.8 Å². The van der Waals surface area contributed by atoms with Crippen molar-refractivity contribution in [3.05, 3.63) is 59.8 Å². The molecule has 144 valence electrons. The lowest BCUT2D eigenvalue weighted by molar-refractivity contribution is -0.122. The fraction of sp³-hybridized carbons (Fsp3) is 0.400. The summed E-state index contributed by atoms with van der Waals surface area (Å²) in [6, 6.07) is 13.9. The third kappa shape index (κ3) is 5.53. The van der Waals surface area contributed by atoms with Gasteiger partial charge in [0.25, 0.3) is 0 Å². The van der Waals surface area contributed by atoms with E-state index in [2.05, 4.69) is 27.3 Å². The van der Waals surface area contributed by atoms with Crippen molar-refractivity contribution in [2.45, 2.75) is 25.9 Å². The summed E-state index contributed by atoms with van der Waals surface area (Å²) < 4.78 is 23.1. The molecule has 1 saturated heterocycles. The molecule has 1 atom stereocenters. The number of amides is 1. The third-order valence-electron chi connectivity index (χ3n) is 4.77. The van der Waals surface area contributed by atoms with Gasteiger partial charge >= 0.3 is 0 Å². The molecule has 1 aliphatic rings. The number of nitrogens with zero attached hydrogens (tertiary/aromatic N) is 2. The predicted octanol–water partition coefficient (Wildman–Crippen LogP) is 2.16. The molecular weight excluding hydrogens is 362 g/mol. The largest absolute Gasteiger partial charge is 0.355 e. The summed E-state index contributed by atoms with van der Waals surface area (Å²) in [4.78, 5) is 18.7. The van der Waals surface area contributed by atoms with E-state index in [1.54, 1.807) is 6.20 Å². The molecule has 0 aliphatic carbocycles. The van der Waals surface area contributed by atoms with E-state index in [9.17, 15) is 13.2 Å². The molecule has 2 aromatic rings. The van der Waals surface area contributed by atoms with Crippen molar-refractivity contribution in [3.63, 3.8) is 0 Å². The highest BCUT2D eigenvalue weighted by Crippen LogP contribution is 2.22. The Morgan fingerprint density at radius 2 is 2.00 bits per heavy atom. The van der Waals surface area contributed by atoms with E-state index in [0.29, 0.717) is 13.0 Å². The normalized spacial score (nSPS) is 18.2. The highest BCUT2D eigenvalue weighted by Gasteiger charge is 2.29. The second kappa shape index (κ2) is 8.52. The van der Waals surface area contributed by atoms with Crippen molar-refractivity contribution in [2.75, 3.05) is 23.5 Å². The number of carbonyl (C=O) groups is 1. The lowest BCUT2D eigenvalue weighted by Crippen LogP contribution is -2.27. The zero-order chi connectivity index (χ0) is 19.3. The molecule has 1 fully saturated rings. The van der Waals surface area contributed by atoms with E-state index >= 15 is 0 Å². The van der Waals surface area contributed by atoms with Crippen molar-refractivity contribution in [1.82, 2.24) is 10.3 Å². The van der Waals surface area contributed by atoms with Gasteiger partial charge in [0.1, 0.15) is 5.82 Å². The van der Waals surface area contributed by atoms with Gasteiger partial charge in [0.2, 0.25) is 5.91 Å². The summed E-state index contributed by atoms with van der Waals surface area (Å²) in [5, 5.41) is 2.91. The fourth-order valence-corrected chi connectivity index (χ4v) is 5.27. The van der Waals surface area contributed by atoms with Crippen LogP contribution in [0.5, 0.6) is 0 Å². The van der Waals surface area contributed by atoms with Gasteiger partial charge in [-0.15, -0.1) is 0 Å². The number of pyridine rings is 1. The first-order chi connectivity index (χ1) is 12.9. The zero-order valence-corrected chi connectivity index (χ0v) is 16.3. The minimum atomic E-state index is -2.95. The number of nitrogens with one attached hydrogen (secondary N) is 1. The summed E-state index contributed by atoms with van der Waals surface area (Å²) >= 11 is 0. The summed E-state index contributed by atoms with van der Waals surface area (Å²) in [6.45, 7) is 1.10. The Labute approximate surface area is 160 Å². The van der Waals surface area contributed by atoms with Gasteiger partial charge in [-0.05, 0) is 24.0 Å². The second-order valence-corrected chi connectivity index (χ2v) is 9.31. The van der Waals surface area contributed by atoms with Crippen molar-refractivity contribution < 1.29 is 13.2 Å². The van der Waals surface area contributed by atoms with Crippen molar-refractivity contribution in [2.24, 2.45) is 5.92 Å². The average Bonchev–Trinajstić information content (AvgIpc) is 2.99. The number of sulfone groups is 1. The van der Waals surface area contributed by atoms with Gasteiger partial charge in [-0.2, -0.15) is 0 Å². The summed E-state index contributed by atoms with van der Waals surface area (Å²) in [5.41, 5.74) is 2.12. The smallest absolute Gasteiger partial charge is 0.220 e. The maximum absolute atomic E-state index is 12.2. The molecule has 0 spiro atoms. The van der Waals surface area contributed by atoms with Crippen LogP contribution >= 0.6 is 0 Å². The number of rotatable bonds is 7. The van der Waals surface area contributed by atoms with Crippen LogP contribution in [0.25, 0.3) is 0 Å². The highest BCUT2D eigenvalue weighted by molar-refractivity contribution is 7.91.